The van der Waals surface area contributed by atoms with E-state index in [4.69, 9.17) is 0 Å². The fourth-order valence-electron chi connectivity index (χ4n) is 1.58. The third-order valence-electron chi connectivity index (χ3n) is 2.21. The first-order valence-electron chi connectivity index (χ1n) is 4.40. The van der Waals surface area contributed by atoms with Gasteiger partial charge in [0.15, 0.2) is 0 Å². The Kier molecular flexibility index (Phi) is 2.44. The zero-order valence-electron chi connectivity index (χ0n) is 7.87. The molecule has 1 heterocycles. The molecule has 0 radical (unpaired) electrons. The molecule has 0 N–H and O–H groups in total. The number of Topliss-reactive ketones (excluding diaryl/α,β-unsaturated/α-hetero) is 1. The number of carbonyl (C=O) groups excluding carboxylic acids is 2. The van der Waals surface area contributed by atoms with E-state index >= 15 is 0 Å². The van der Waals surface area contributed by atoms with Crippen LogP contribution >= 0.6 is 15.9 Å². The molecule has 0 aromatic heterocycles. The average molecular weight is 266 g/mol. The zero-order chi connectivity index (χ0) is 11.0. The van der Waals surface area contributed by atoms with Crippen LogP contribution in [-0.4, -0.2) is 18.2 Å². The van der Waals surface area contributed by atoms with Crippen LogP contribution < -0.4 is 4.90 Å². The Morgan fingerprint density at radius 1 is 1.33 bits per heavy atom. The van der Waals surface area contributed by atoms with Gasteiger partial charge in [-0.1, -0.05) is 34.6 Å². The Balaban J connectivity index is 2.47. The van der Waals surface area contributed by atoms with Crippen molar-refractivity contribution in [3.63, 3.8) is 0 Å². The molecule has 1 aromatic carbocycles. The summed E-state index contributed by atoms with van der Waals surface area (Å²) >= 11 is 3.18. The largest absolute Gasteiger partial charge is 0.300 e. The molecule has 1 aromatic rings. The number of anilines is 1. The van der Waals surface area contributed by atoms with Crippen LogP contribution in [0.3, 0.4) is 0 Å². The van der Waals surface area contributed by atoms with Gasteiger partial charge in [-0.15, -0.1) is 0 Å². The van der Waals surface area contributed by atoms with Crippen molar-refractivity contribution in [3.8, 4) is 0 Å². The van der Waals surface area contributed by atoms with E-state index in [2.05, 4.69) is 22.5 Å². The number of halogens is 1. The Morgan fingerprint density at radius 3 is 2.67 bits per heavy atom. The minimum absolute atomic E-state index is 0.321. The van der Waals surface area contributed by atoms with Crippen LogP contribution in [0.25, 0.3) is 0 Å². The van der Waals surface area contributed by atoms with Crippen molar-refractivity contribution in [1.82, 2.24) is 0 Å². The van der Waals surface area contributed by atoms with Crippen molar-refractivity contribution in [2.24, 2.45) is 0 Å². The highest BCUT2D eigenvalue weighted by Crippen LogP contribution is 2.29. The molecule has 2 rings (SSSR count). The SMILES string of the molecule is C=C(Br)CN1C(=O)C(=O)c2ccccc21. The van der Waals surface area contributed by atoms with E-state index < -0.39 is 11.7 Å². The number of ketones is 1. The van der Waals surface area contributed by atoms with Gasteiger partial charge in [-0.25, -0.2) is 0 Å². The van der Waals surface area contributed by atoms with Gasteiger partial charge in [0, 0.05) is 4.48 Å². The van der Waals surface area contributed by atoms with E-state index in [1.165, 1.54) is 4.90 Å². The average Bonchev–Trinajstić information content (AvgIpc) is 2.44. The zero-order valence-corrected chi connectivity index (χ0v) is 9.45. The molecule has 0 aliphatic carbocycles. The van der Waals surface area contributed by atoms with E-state index in [1.807, 2.05) is 0 Å². The lowest BCUT2D eigenvalue weighted by Crippen LogP contribution is -2.30. The van der Waals surface area contributed by atoms with Crippen LogP contribution in [0.15, 0.2) is 35.3 Å². The van der Waals surface area contributed by atoms with Crippen molar-refractivity contribution in [1.29, 1.82) is 0 Å². The highest BCUT2D eigenvalue weighted by Gasteiger charge is 2.35. The third-order valence-corrected chi connectivity index (χ3v) is 2.46. The topological polar surface area (TPSA) is 37.4 Å². The summed E-state index contributed by atoms with van der Waals surface area (Å²) in [5, 5.41) is 0. The summed E-state index contributed by atoms with van der Waals surface area (Å²) in [7, 11) is 0. The van der Waals surface area contributed by atoms with Gasteiger partial charge in [0.25, 0.3) is 11.7 Å². The predicted molar refractivity (Wildman–Crippen MR) is 61.2 cm³/mol. The predicted octanol–water partition coefficient (Wildman–Crippen LogP) is 2.12. The number of rotatable bonds is 2. The first-order chi connectivity index (χ1) is 7.11. The normalized spacial score (nSPS) is 14.3. The monoisotopic (exact) mass is 265 g/mol. The second kappa shape index (κ2) is 3.62. The molecule has 0 spiro atoms. The Bertz CT molecular complexity index is 467. The fourth-order valence-corrected chi connectivity index (χ4v) is 1.83. The summed E-state index contributed by atoms with van der Waals surface area (Å²) in [6.45, 7) is 3.98. The summed E-state index contributed by atoms with van der Waals surface area (Å²) in [5.41, 5.74) is 1.13. The Morgan fingerprint density at radius 2 is 2.00 bits per heavy atom. The second-order valence-corrected chi connectivity index (χ2v) is 4.38. The van der Waals surface area contributed by atoms with Crippen LogP contribution in [0.5, 0.6) is 0 Å². The maximum Gasteiger partial charge on any atom is 0.299 e. The second-order valence-electron chi connectivity index (χ2n) is 3.25. The van der Waals surface area contributed by atoms with Crippen molar-refractivity contribution in [2.45, 2.75) is 0 Å². The summed E-state index contributed by atoms with van der Waals surface area (Å²) in [6.07, 6.45) is 0. The highest BCUT2D eigenvalue weighted by molar-refractivity contribution is 9.11. The molecule has 0 saturated heterocycles. The summed E-state index contributed by atoms with van der Waals surface area (Å²) < 4.78 is 0.667. The quantitative estimate of drug-likeness (QED) is 0.769. The van der Waals surface area contributed by atoms with Gasteiger partial charge in [0.2, 0.25) is 0 Å². The molecular formula is C11H8BrNO2. The van der Waals surface area contributed by atoms with E-state index in [9.17, 15) is 9.59 Å². The van der Waals surface area contributed by atoms with E-state index in [0.717, 1.165) is 0 Å². The van der Waals surface area contributed by atoms with E-state index in [-0.39, 0.29) is 0 Å². The van der Waals surface area contributed by atoms with E-state index in [0.29, 0.717) is 22.3 Å². The van der Waals surface area contributed by atoms with Crippen molar-refractivity contribution >= 4 is 33.3 Å². The van der Waals surface area contributed by atoms with Crippen molar-refractivity contribution in [3.05, 3.63) is 40.9 Å². The number of carbonyl (C=O) groups is 2. The number of hydrogen-bond acceptors (Lipinski definition) is 2. The molecular weight excluding hydrogens is 258 g/mol. The van der Waals surface area contributed by atoms with Gasteiger partial charge in [-0.2, -0.15) is 0 Å². The molecule has 0 fully saturated rings. The van der Waals surface area contributed by atoms with Gasteiger partial charge in [-0.3, -0.25) is 14.5 Å². The van der Waals surface area contributed by atoms with Gasteiger partial charge < -0.3 is 0 Å². The Labute approximate surface area is 95.5 Å². The molecule has 0 bridgehead atoms. The molecule has 1 amide bonds. The maximum absolute atomic E-state index is 11.6. The number of benzene rings is 1. The van der Waals surface area contributed by atoms with Crippen molar-refractivity contribution in [2.75, 3.05) is 11.4 Å². The molecule has 76 valence electrons. The van der Waals surface area contributed by atoms with Crippen molar-refractivity contribution < 1.29 is 9.59 Å². The number of hydrogen-bond donors (Lipinski definition) is 0. The molecule has 3 nitrogen and oxygen atoms in total. The standard InChI is InChI=1S/C11H8BrNO2/c1-7(12)6-13-9-5-3-2-4-8(9)10(14)11(13)15/h2-5H,1,6H2. The van der Waals surface area contributed by atoms with E-state index in [1.54, 1.807) is 24.3 Å². The van der Waals surface area contributed by atoms with Crippen LogP contribution in [0, 0.1) is 0 Å². The minimum Gasteiger partial charge on any atom is -0.300 e. The summed E-state index contributed by atoms with van der Waals surface area (Å²) in [5.74, 6) is -0.934. The maximum atomic E-state index is 11.6. The molecule has 0 atom stereocenters. The van der Waals surface area contributed by atoms with Crippen LogP contribution in [0.4, 0.5) is 5.69 Å². The molecule has 1 aliphatic rings. The van der Waals surface area contributed by atoms with Gasteiger partial charge in [0.05, 0.1) is 17.8 Å². The van der Waals surface area contributed by atoms with Crippen LogP contribution in [-0.2, 0) is 4.79 Å². The summed E-state index contributed by atoms with van der Waals surface area (Å²) in [6, 6.07) is 6.96. The third kappa shape index (κ3) is 1.61. The molecule has 0 unspecified atom stereocenters. The van der Waals surface area contributed by atoms with Gasteiger partial charge in [0.1, 0.15) is 0 Å². The fraction of sp³-hybridized carbons (Fsp3) is 0.0909. The molecule has 1 aliphatic heterocycles. The number of nitrogens with zero attached hydrogens (tertiary/aromatic N) is 1. The lowest BCUT2D eigenvalue weighted by atomic mass is 10.1. The first-order valence-corrected chi connectivity index (χ1v) is 5.19. The molecule has 0 saturated carbocycles. The minimum atomic E-state index is -0.489. The lowest BCUT2D eigenvalue weighted by molar-refractivity contribution is -0.114. The van der Waals surface area contributed by atoms with Gasteiger partial charge in [-0.05, 0) is 12.1 Å². The Hall–Kier alpha value is -1.42. The highest BCUT2D eigenvalue weighted by atomic mass is 79.9. The molecule has 15 heavy (non-hydrogen) atoms. The van der Waals surface area contributed by atoms with Crippen LogP contribution in [0.1, 0.15) is 10.4 Å². The van der Waals surface area contributed by atoms with Crippen LogP contribution in [0.2, 0.25) is 0 Å². The van der Waals surface area contributed by atoms with Gasteiger partial charge >= 0.3 is 0 Å². The number of fused-ring (bicyclic) bond motifs is 1. The summed E-state index contributed by atoms with van der Waals surface area (Å²) in [4.78, 5) is 24.6. The molecule has 4 heteroatoms. The number of amides is 1. The smallest absolute Gasteiger partial charge is 0.299 e. The lowest BCUT2D eigenvalue weighted by Gasteiger charge is -2.15. The number of para-hydroxylation sites is 1. The first kappa shape index (κ1) is 10.1.